The molecule has 2 aliphatic rings. The van der Waals surface area contributed by atoms with Gasteiger partial charge in [0.1, 0.15) is 11.4 Å². The van der Waals surface area contributed by atoms with Gasteiger partial charge in [-0.2, -0.15) is 0 Å². The number of carbonyl (C=O) groups is 2. The van der Waals surface area contributed by atoms with E-state index < -0.39 is 15.4 Å². The highest BCUT2D eigenvalue weighted by atomic mass is 32.2. The first-order valence-corrected chi connectivity index (χ1v) is 12.1. The van der Waals surface area contributed by atoms with E-state index in [9.17, 15) is 18.0 Å². The minimum atomic E-state index is -3.51. The van der Waals surface area contributed by atoms with E-state index in [1.807, 2.05) is 25.1 Å². The Balaban J connectivity index is 1.54. The van der Waals surface area contributed by atoms with Gasteiger partial charge in [0.05, 0.1) is 28.3 Å². The number of benzene rings is 2. The van der Waals surface area contributed by atoms with Crippen molar-refractivity contribution in [1.29, 1.82) is 0 Å². The summed E-state index contributed by atoms with van der Waals surface area (Å²) in [4.78, 5) is 27.4. The summed E-state index contributed by atoms with van der Waals surface area (Å²) in [7, 11) is -3.51. The molecule has 2 aromatic rings. The zero-order valence-corrected chi connectivity index (χ0v) is 18.5. The second-order valence-electron chi connectivity index (χ2n) is 8.16. The average molecular weight is 443 g/mol. The van der Waals surface area contributed by atoms with Crippen LogP contribution < -0.4 is 10.1 Å². The number of sulfone groups is 1. The first kappa shape index (κ1) is 21.4. The van der Waals surface area contributed by atoms with E-state index in [-0.39, 0.29) is 28.0 Å². The first-order valence-electron chi connectivity index (χ1n) is 10.4. The van der Waals surface area contributed by atoms with Crippen molar-refractivity contribution in [2.75, 3.05) is 25.4 Å². The Morgan fingerprint density at radius 2 is 1.87 bits per heavy atom. The lowest BCUT2D eigenvalue weighted by Gasteiger charge is -2.41. The van der Waals surface area contributed by atoms with E-state index >= 15 is 0 Å². The van der Waals surface area contributed by atoms with E-state index in [1.54, 1.807) is 30.0 Å². The summed E-state index contributed by atoms with van der Waals surface area (Å²) >= 11 is 0. The maximum Gasteiger partial charge on any atom is 0.255 e. The van der Waals surface area contributed by atoms with Gasteiger partial charge in [0.25, 0.3) is 11.8 Å². The van der Waals surface area contributed by atoms with Crippen molar-refractivity contribution in [3.8, 4) is 5.75 Å². The van der Waals surface area contributed by atoms with Gasteiger partial charge in [-0.25, -0.2) is 8.42 Å². The molecule has 0 aliphatic carbocycles. The predicted octanol–water partition coefficient (Wildman–Crippen LogP) is 2.59. The van der Waals surface area contributed by atoms with Crippen LogP contribution in [0.1, 0.15) is 46.0 Å². The minimum absolute atomic E-state index is 0.0627. The fraction of sp³-hybridized carbons (Fsp3) is 0.391. The van der Waals surface area contributed by atoms with Crippen LogP contribution in [0.25, 0.3) is 0 Å². The van der Waals surface area contributed by atoms with Crippen molar-refractivity contribution in [3.05, 3.63) is 59.2 Å². The Hall–Kier alpha value is -2.87. The maximum absolute atomic E-state index is 13.2. The molecule has 1 fully saturated rings. The topological polar surface area (TPSA) is 92.8 Å². The largest absolute Gasteiger partial charge is 0.484 e. The number of hydrogen-bond acceptors (Lipinski definition) is 5. The Morgan fingerprint density at radius 3 is 2.58 bits per heavy atom. The number of nitrogens with one attached hydrogen (secondary N) is 1. The summed E-state index contributed by atoms with van der Waals surface area (Å²) in [5.74, 6) is 0.0380. The van der Waals surface area contributed by atoms with Crippen LogP contribution >= 0.6 is 0 Å². The number of aryl methyl sites for hydroxylation is 1. The minimum Gasteiger partial charge on any atom is -0.484 e. The summed E-state index contributed by atoms with van der Waals surface area (Å²) in [6, 6.07) is 11.9. The molecule has 1 N–H and O–H groups in total. The maximum atomic E-state index is 13.2. The second kappa shape index (κ2) is 8.00. The van der Waals surface area contributed by atoms with Gasteiger partial charge in [0, 0.05) is 25.9 Å². The fourth-order valence-electron chi connectivity index (χ4n) is 4.15. The summed E-state index contributed by atoms with van der Waals surface area (Å²) in [5.41, 5.74) is 1.11. The number of ether oxygens (including phenoxy) is 1. The smallest absolute Gasteiger partial charge is 0.255 e. The molecule has 164 valence electrons. The number of hydrogen-bond donors (Lipinski definition) is 1. The number of likely N-dealkylation sites (tertiary alicyclic amines) is 1. The Bertz CT molecular complexity index is 1130. The van der Waals surface area contributed by atoms with Crippen molar-refractivity contribution in [2.24, 2.45) is 0 Å². The van der Waals surface area contributed by atoms with E-state index in [4.69, 9.17) is 4.74 Å². The van der Waals surface area contributed by atoms with Gasteiger partial charge < -0.3 is 15.0 Å². The van der Waals surface area contributed by atoms with Crippen LogP contribution in [0.15, 0.2) is 47.4 Å². The predicted molar refractivity (Wildman–Crippen MR) is 116 cm³/mol. The van der Waals surface area contributed by atoms with Crippen LogP contribution in [-0.2, 0) is 9.84 Å². The van der Waals surface area contributed by atoms with Gasteiger partial charge in [-0.1, -0.05) is 30.7 Å². The molecule has 4 rings (SSSR count). The molecule has 0 radical (unpaired) electrons. The van der Waals surface area contributed by atoms with Crippen molar-refractivity contribution in [1.82, 2.24) is 10.2 Å². The highest BCUT2D eigenvalue weighted by molar-refractivity contribution is 7.91. The van der Waals surface area contributed by atoms with Crippen molar-refractivity contribution < 1.29 is 22.7 Å². The van der Waals surface area contributed by atoms with Crippen LogP contribution in [-0.4, -0.2) is 56.1 Å². The summed E-state index contributed by atoms with van der Waals surface area (Å²) < 4.78 is 31.2. The molecule has 1 spiro atoms. The molecular weight excluding hydrogens is 416 g/mol. The number of rotatable bonds is 3. The Labute approximate surface area is 182 Å². The quantitative estimate of drug-likeness (QED) is 0.789. The van der Waals surface area contributed by atoms with E-state index in [2.05, 4.69) is 5.32 Å². The highest BCUT2D eigenvalue weighted by Gasteiger charge is 2.41. The third-order valence-electron chi connectivity index (χ3n) is 6.07. The molecule has 8 heteroatoms. The average Bonchev–Trinajstić information content (AvgIpc) is 2.91. The second-order valence-corrected chi connectivity index (χ2v) is 10.4. The van der Waals surface area contributed by atoms with E-state index in [1.165, 1.54) is 6.07 Å². The number of carbonyl (C=O) groups excluding carboxylic acids is 2. The Kier molecular flexibility index (Phi) is 5.51. The molecule has 31 heavy (non-hydrogen) atoms. The Morgan fingerprint density at radius 1 is 1.16 bits per heavy atom. The first-order chi connectivity index (χ1) is 14.7. The normalized spacial score (nSPS) is 18.0. The molecule has 2 aliphatic heterocycles. The molecule has 1 saturated heterocycles. The SMILES string of the molecule is CCS(=O)(=O)c1ccccc1C(=O)N1CCC2(CC1)CNC(=O)c1cc(C)ccc1O2. The molecule has 0 bridgehead atoms. The fourth-order valence-corrected chi connectivity index (χ4v) is 5.24. The van der Waals surface area contributed by atoms with Gasteiger partial charge in [-0.15, -0.1) is 0 Å². The summed E-state index contributed by atoms with van der Waals surface area (Å²) in [6.07, 6.45) is 1.07. The standard InChI is InChI=1S/C23H26N2O5S/c1-3-31(28,29)20-7-5-4-6-17(20)22(27)25-12-10-23(11-13-25)15-24-21(26)18-14-16(2)8-9-19(18)30-23/h4-9,14H,3,10-13,15H2,1-2H3,(H,24,26). The van der Waals surface area contributed by atoms with Gasteiger partial charge in [0.15, 0.2) is 9.84 Å². The molecule has 0 aromatic heterocycles. The van der Waals surface area contributed by atoms with Crippen molar-refractivity contribution in [3.63, 3.8) is 0 Å². The highest BCUT2D eigenvalue weighted by Crippen LogP contribution is 2.34. The molecule has 2 amide bonds. The number of nitrogens with zero attached hydrogens (tertiary/aromatic N) is 1. The van der Waals surface area contributed by atoms with Gasteiger partial charge in [0.2, 0.25) is 0 Å². The lowest BCUT2D eigenvalue weighted by atomic mass is 9.90. The molecule has 0 saturated carbocycles. The van der Waals surface area contributed by atoms with Crippen molar-refractivity contribution >= 4 is 21.7 Å². The zero-order valence-electron chi connectivity index (χ0n) is 17.7. The van der Waals surface area contributed by atoms with Crippen LogP contribution in [0.4, 0.5) is 0 Å². The molecule has 7 nitrogen and oxygen atoms in total. The van der Waals surface area contributed by atoms with Crippen molar-refractivity contribution in [2.45, 2.75) is 37.2 Å². The lowest BCUT2D eigenvalue weighted by molar-refractivity contribution is 0.00758. The monoisotopic (exact) mass is 442 g/mol. The van der Waals surface area contributed by atoms with Crippen LogP contribution in [0, 0.1) is 6.92 Å². The van der Waals surface area contributed by atoms with E-state index in [0.717, 1.165) is 5.56 Å². The number of piperidine rings is 1. The molecular formula is C23H26N2O5S. The number of fused-ring (bicyclic) bond motifs is 1. The number of amides is 2. The lowest BCUT2D eigenvalue weighted by Crippen LogP contribution is -2.54. The zero-order chi connectivity index (χ0) is 22.2. The third kappa shape index (κ3) is 4.04. The van der Waals surface area contributed by atoms with Crippen LogP contribution in [0.2, 0.25) is 0 Å². The molecule has 2 aromatic carbocycles. The van der Waals surface area contributed by atoms with Gasteiger partial charge in [-0.3, -0.25) is 9.59 Å². The van der Waals surface area contributed by atoms with Gasteiger partial charge >= 0.3 is 0 Å². The van der Waals surface area contributed by atoms with Crippen LogP contribution in [0.5, 0.6) is 5.75 Å². The van der Waals surface area contributed by atoms with Crippen LogP contribution in [0.3, 0.4) is 0 Å². The molecule has 0 unspecified atom stereocenters. The molecule has 0 atom stereocenters. The summed E-state index contributed by atoms with van der Waals surface area (Å²) in [5, 5.41) is 2.95. The third-order valence-corrected chi connectivity index (χ3v) is 7.86. The molecule has 2 heterocycles. The van der Waals surface area contributed by atoms with E-state index in [0.29, 0.717) is 43.8 Å². The van der Waals surface area contributed by atoms with Gasteiger partial charge in [-0.05, 0) is 31.2 Å². The summed E-state index contributed by atoms with van der Waals surface area (Å²) in [6.45, 7) is 4.68.